The first kappa shape index (κ1) is 13.1. The van der Waals surface area contributed by atoms with Gasteiger partial charge in [-0.15, -0.1) is 0 Å². The van der Waals surface area contributed by atoms with Gasteiger partial charge in [-0.2, -0.15) is 4.98 Å². The normalized spacial score (nSPS) is 11.0. The van der Waals surface area contributed by atoms with E-state index in [1.807, 2.05) is 0 Å². The molecule has 0 aliphatic heterocycles. The predicted molar refractivity (Wildman–Crippen MR) is 75.3 cm³/mol. The van der Waals surface area contributed by atoms with Gasteiger partial charge >= 0.3 is 0 Å². The summed E-state index contributed by atoms with van der Waals surface area (Å²) in [6, 6.07) is 3.56. The minimum Gasteiger partial charge on any atom is -0.497 e. The number of aryl methyl sites for hydroxylation is 1. The van der Waals surface area contributed by atoms with Gasteiger partial charge < -0.3 is 4.74 Å². The van der Waals surface area contributed by atoms with Crippen molar-refractivity contribution in [1.29, 1.82) is 0 Å². The van der Waals surface area contributed by atoms with Crippen molar-refractivity contribution in [2.45, 2.75) is 6.92 Å². The highest BCUT2D eigenvalue weighted by atomic mass is 35.5. The zero-order valence-corrected chi connectivity index (χ0v) is 12.1. The number of hydrogen-bond acceptors (Lipinski definition) is 5. The minimum absolute atomic E-state index is 0.118. The van der Waals surface area contributed by atoms with Crippen molar-refractivity contribution in [3.8, 4) is 17.3 Å². The van der Waals surface area contributed by atoms with Crippen molar-refractivity contribution in [2.75, 3.05) is 7.11 Å². The number of rotatable bonds is 2. The lowest BCUT2D eigenvalue weighted by molar-refractivity contribution is 0.414. The van der Waals surface area contributed by atoms with E-state index in [1.54, 1.807) is 36.8 Å². The summed E-state index contributed by atoms with van der Waals surface area (Å²) in [5.41, 5.74) is 1.20. The molecule has 0 N–H and O–H groups in total. The molecule has 0 amide bonds. The van der Waals surface area contributed by atoms with Crippen LogP contribution in [0.2, 0.25) is 10.4 Å². The van der Waals surface area contributed by atoms with Gasteiger partial charge in [0.1, 0.15) is 22.9 Å². The third-order valence-corrected chi connectivity index (χ3v) is 3.16. The van der Waals surface area contributed by atoms with Crippen LogP contribution in [0.25, 0.3) is 17.2 Å². The van der Waals surface area contributed by atoms with Gasteiger partial charge in [0.25, 0.3) is 0 Å². The van der Waals surface area contributed by atoms with Gasteiger partial charge in [-0.3, -0.25) is 4.40 Å². The maximum absolute atomic E-state index is 6.19. The molecule has 0 fully saturated rings. The Morgan fingerprint density at radius 3 is 2.65 bits per heavy atom. The first-order valence-corrected chi connectivity index (χ1v) is 6.44. The largest absolute Gasteiger partial charge is 0.497 e. The molecule has 0 bridgehead atoms. The second kappa shape index (κ2) is 4.88. The summed E-state index contributed by atoms with van der Waals surface area (Å²) in [5, 5.41) is 0.409. The van der Waals surface area contributed by atoms with Gasteiger partial charge in [0.05, 0.1) is 7.11 Å². The molecule has 3 rings (SSSR count). The van der Waals surface area contributed by atoms with E-state index in [0.717, 1.165) is 0 Å². The van der Waals surface area contributed by atoms with Crippen LogP contribution >= 0.6 is 23.2 Å². The molecule has 0 aromatic carbocycles. The summed E-state index contributed by atoms with van der Waals surface area (Å²) >= 11 is 12.0. The summed E-state index contributed by atoms with van der Waals surface area (Å²) in [7, 11) is 1.59. The fourth-order valence-electron chi connectivity index (χ4n) is 1.88. The van der Waals surface area contributed by atoms with Crippen molar-refractivity contribution in [3.63, 3.8) is 0 Å². The lowest BCUT2D eigenvalue weighted by Crippen LogP contribution is -1.99. The van der Waals surface area contributed by atoms with Crippen LogP contribution in [0, 0.1) is 6.92 Å². The highest BCUT2D eigenvalue weighted by Gasteiger charge is 2.16. The van der Waals surface area contributed by atoms with Crippen LogP contribution in [0.3, 0.4) is 0 Å². The Kier molecular flexibility index (Phi) is 3.19. The van der Waals surface area contributed by atoms with Crippen molar-refractivity contribution < 1.29 is 4.74 Å². The standard InChI is InChI=1S/C12H9Cl2N5O/c1-6-15-11(18-12(14)16-6)9-10(13)17-8-5-7(20-2)3-4-19(8)9/h3-5H,1-2H3. The summed E-state index contributed by atoms with van der Waals surface area (Å²) in [5.74, 6) is 1.58. The predicted octanol–water partition coefficient (Wildman–Crippen LogP) is 2.81. The van der Waals surface area contributed by atoms with E-state index < -0.39 is 0 Å². The summed E-state index contributed by atoms with van der Waals surface area (Å²) in [4.78, 5) is 16.5. The second-order valence-electron chi connectivity index (χ2n) is 4.02. The maximum Gasteiger partial charge on any atom is 0.226 e. The van der Waals surface area contributed by atoms with Gasteiger partial charge in [0.2, 0.25) is 5.28 Å². The van der Waals surface area contributed by atoms with E-state index in [-0.39, 0.29) is 5.28 Å². The van der Waals surface area contributed by atoms with Gasteiger partial charge in [-0.1, -0.05) is 11.6 Å². The summed E-state index contributed by atoms with van der Waals surface area (Å²) < 4.78 is 6.93. The zero-order chi connectivity index (χ0) is 14.3. The quantitative estimate of drug-likeness (QED) is 0.728. The van der Waals surface area contributed by atoms with E-state index in [4.69, 9.17) is 27.9 Å². The molecule has 0 radical (unpaired) electrons. The number of ether oxygens (including phenoxy) is 1. The fraction of sp³-hybridized carbons (Fsp3) is 0.167. The molecule has 6 nitrogen and oxygen atoms in total. The monoisotopic (exact) mass is 309 g/mol. The molecular weight excluding hydrogens is 301 g/mol. The fourth-order valence-corrected chi connectivity index (χ4v) is 2.34. The highest BCUT2D eigenvalue weighted by molar-refractivity contribution is 6.32. The topological polar surface area (TPSA) is 65.2 Å². The minimum atomic E-state index is 0.118. The Morgan fingerprint density at radius 2 is 1.95 bits per heavy atom. The molecule has 0 aliphatic rings. The average Bonchev–Trinajstić information content (AvgIpc) is 2.72. The number of imidazole rings is 1. The summed E-state index contributed by atoms with van der Waals surface area (Å²) in [6.07, 6.45) is 1.79. The van der Waals surface area contributed by atoms with Crippen LogP contribution in [-0.2, 0) is 0 Å². The Hall–Kier alpha value is -1.92. The lowest BCUT2D eigenvalue weighted by Gasteiger charge is -2.04. The zero-order valence-electron chi connectivity index (χ0n) is 10.6. The van der Waals surface area contributed by atoms with E-state index in [2.05, 4.69) is 19.9 Å². The Labute approximate surface area is 124 Å². The second-order valence-corrected chi connectivity index (χ2v) is 4.72. The van der Waals surface area contributed by atoms with Gasteiger partial charge in [0.15, 0.2) is 11.0 Å². The van der Waals surface area contributed by atoms with Crippen LogP contribution in [0.15, 0.2) is 18.3 Å². The van der Waals surface area contributed by atoms with Crippen LogP contribution in [0.1, 0.15) is 5.82 Å². The number of fused-ring (bicyclic) bond motifs is 1. The number of methoxy groups -OCH3 is 1. The van der Waals surface area contributed by atoms with Crippen molar-refractivity contribution in [2.24, 2.45) is 0 Å². The molecule has 102 valence electrons. The first-order valence-electron chi connectivity index (χ1n) is 5.68. The SMILES string of the molecule is COc1ccn2c(-c3nc(C)nc(Cl)n3)c(Cl)nc2c1. The Bertz CT molecular complexity index is 782. The molecule has 8 heteroatoms. The van der Waals surface area contributed by atoms with Crippen LogP contribution in [0.4, 0.5) is 0 Å². The molecule has 0 saturated heterocycles. The number of aromatic nitrogens is 5. The molecule has 0 aliphatic carbocycles. The molecular formula is C12H9Cl2N5O. The molecule has 3 aromatic heterocycles. The number of pyridine rings is 1. The Morgan fingerprint density at radius 1 is 1.15 bits per heavy atom. The van der Waals surface area contributed by atoms with Crippen LogP contribution in [0.5, 0.6) is 5.75 Å². The molecule has 3 aromatic rings. The smallest absolute Gasteiger partial charge is 0.226 e. The van der Waals surface area contributed by atoms with Crippen molar-refractivity contribution in [1.82, 2.24) is 24.3 Å². The van der Waals surface area contributed by atoms with Crippen LogP contribution in [-0.4, -0.2) is 31.4 Å². The number of nitrogens with zero attached hydrogens (tertiary/aromatic N) is 5. The van der Waals surface area contributed by atoms with E-state index in [1.165, 1.54) is 0 Å². The Balaban J connectivity index is 2.27. The van der Waals surface area contributed by atoms with Crippen molar-refractivity contribution in [3.05, 3.63) is 34.6 Å². The molecule has 0 unspecified atom stereocenters. The average molecular weight is 310 g/mol. The van der Waals surface area contributed by atoms with Crippen molar-refractivity contribution >= 4 is 28.8 Å². The first-order chi connectivity index (χ1) is 9.58. The lowest BCUT2D eigenvalue weighted by atomic mass is 10.4. The van der Waals surface area contributed by atoms with E-state index in [0.29, 0.717) is 33.9 Å². The van der Waals surface area contributed by atoms with Gasteiger partial charge in [-0.05, 0) is 24.6 Å². The number of halogens is 2. The van der Waals surface area contributed by atoms with E-state index >= 15 is 0 Å². The van der Waals surface area contributed by atoms with Gasteiger partial charge in [-0.25, -0.2) is 15.0 Å². The third-order valence-electron chi connectivity index (χ3n) is 2.72. The van der Waals surface area contributed by atoms with Crippen LogP contribution < -0.4 is 4.74 Å². The maximum atomic E-state index is 6.19. The highest BCUT2D eigenvalue weighted by Crippen LogP contribution is 2.28. The molecule has 0 atom stereocenters. The summed E-state index contributed by atoms with van der Waals surface area (Å²) in [6.45, 7) is 1.73. The molecule has 20 heavy (non-hydrogen) atoms. The number of hydrogen-bond donors (Lipinski definition) is 0. The molecule has 0 spiro atoms. The van der Waals surface area contributed by atoms with Gasteiger partial charge in [0, 0.05) is 12.3 Å². The van der Waals surface area contributed by atoms with E-state index in [9.17, 15) is 0 Å². The molecule has 0 saturated carbocycles. The third kappa shape index (κ3) is 2.17. The molecule has 3 heterocycles.